The minimum Gasteiger partial charge on any atom is -0.505 e. The lowest BCUT2D eigenvalue weighted by molar-refractivity contribution is 0.182. The molecule has 0 radical (unpaired) electrons. The van der Waals surface area contributed by atoms with Crippen molar-refractivity contribution in [1.29, 1.82) is 0 Å². The number of unbranched alkanes of at least 4 members (excludes halogenated alkanes) is 1. The van der Waals surface area contributed by atoms with Crippen molar-refractivity contribution in [3.63, 3.8) is 0 Å². The van der Waals surface area contributed by atoms with E-state index < -0.39 is 5.82 Å². The van der Waals surface area contributed by atoms with Crippen molar-refractivity contribution in [3.05, 3.63) is 66.1 Å². The SMILES string of the molecule is CC(O)CCCC=Cc1ccc2cc(-c3ccc(O)c(F)c3)ncc2c1. The van der Waals surface area contributed by atoms with Gasteiger partial charge in [-0.1, -0.05) is 24.3 Å². The van der Waals surface area contributed by atoms with Gasteiger partial charge in [-0.15, -0.1) is 0 Å². The van der Waals surface area contributed by atoms with E-state index in [2.05, 4.69) is 23.2 Å². The number of pyridine rings is 1. The summed E-state index contributed by atoms with van der Waals surface area (Å²) in [5.74, 6) is -1.01. The third-order valence-corrected chi connectivity index (χ3v) is 4.29. The number of aliphatic hydroxyl groups is 1. The van der Waals surface area contributed by atoms with Gasteiger partial charge in [0.2, 0.25) is 0 Å². The molecule has 1 unspecified atom stereocenters. The van der Waals surface area contributed by atoms with Crippen molar-refractivity contribution in [2.45, 2.75) is 32.3 Å². The molecular weight excluding hydrogens is 329 g/mol. The van der Waals surface area contributed by atoms with Crippen LogP contribution < -0.4 is 0 Å². The lowest BCUT2D eigenvalue weighted by Gasteiger charge is -2.05. The first-order valence-corrected chi connectivity index (χ1v) is 8.76. The van der Waals surface area contributed by atoms with Gasteiger partial charge in [-0.05, 0) is 67.5 Å². The van der Waals surface area contributed by atoms with E-state index in [-0.39, 0.29) is 11.9 Å². The Morgan fingerprint density at radius 3 is 2.73 bits per heavy atom. The Balaban J connectivity index is 1.77. The van der Waals surface area contributed by atoms with Crippen LogP contribution in [0.4, 0.5) is 4.39 Å². The number of benzene rings is 2. The summed E-state index contributed by atoms with van der Waals surface area (Å²) in [6.45, 7) is 1.81. The number of phenolic OH excluding ortho intramolecular Hbond substituents is 1. The molecule has 0 aliphatic carbocycles. The van der Waals surface area contributed by atoms with Crippen molar-refractivity contribution in [3.8, 4) is 17.0 Å². The molecule has 0 saturated carbocycles. The lowest BCUT2D eigenvalue weighted by Crippen LogP contribution is -1.97. The van der Waals surface area contributed by atoms with Crippen molar-refractivity contribution < 1.29 is 14.6 Å². The van der Waals surface area contributed by atoms with Gasteiger partial charge in [0, 0.05) is 17.1 Å². The third-order valence-electron chi connectivity index (χ3n) is 4.29. The zero-order valence-electron chi connectivity index (χ0n) is 14.7. The standard InChI is InChI=1S/C22H22FNO2/c1-15(25)5-3-2-4-6-16-7-8-17-13-21(24-14-19(17)11-16)18-9-10-22(26)20(23)12-18/h4,6-15,25-26H,2-3,5H2,1H3. The maximum Gasteiger partial charge on any atom is 0.165 e. The number of hydrogen-bond acceptors (Lipinski definition) is 3. The highest BCUT2D eigenvalue weighted by Crippen LogP contribution is 2.26. The maximum absolute atomic E-state index is 13.5. The van der Waals surface area contributed by atoms with Crippen LogP contribution in [0.2, 0.25) is 0 Å². The molecule has 2 aromatic carbocycles. The average Bonchev–Trinajstić information content (AvgIpc) is 2.63. The third kappa shape index (κ3) is 4.46. The number of allylic oxidation sites excluding steroid dienone is 1. The average molecular weight is 351 g/mol. The largest absolute Gasteiger partial charge is 0.505 e. The molecule has 0 aliphatic heterocycles. The Hall–Kier alpha value is -2.72. The molecule has 0 amide bonds. The second-order valence-electron chi connectivity index (χ2n) is 6.52. The molecule has 4 heteroatoms. The predicted molar refractivity (Wildman–Crippen MR) is 103 cm³/mol. The Morgan fingerprint density at radius 1 is 1.12 bits per heavy atom. The first-order chi connectivity index (χ1) is 12.5. The molecule has 0 bridgehead atoms. The van der Waals surface area contributed by atoms with E-state index in [1.54, 1.807) is 19.2 Å². The number of aromatic hydroxyl groups is 1. The molecule has 1 aromatic heterocycles. The fourth-order valence-electron chi connectivity index (χ4n) is 2.84. The molecule has 0 spiro atoms. The van der Waals surface area contributed by atoms with Crippen LogP contribution in [0.25, 0.3) is 28.1 Å². The molecule has 26 heavy (non-hydrogen) atoms. The summed E-state index contributed by atoms with van der Waals surface area (Å²) >= 11 is 0. The zero-order valence-corrected chi connectivity index (χ0v) is 14.7. The van der Waals surface area contributed by atoms with E-state index in [4.69, 9.17) is 0 Å². The van der Waals surface area contributed by atoms with Crippen LogP contribution in [0.5, 0.6) is 5.75 Å². The molecule has 3 aromatic rings. The fourth-order valence-corrected chi connectivity index (χ4v) is 2.84. The molecule has 2 N–H and O–H groups in total. The Morgan fingerprint density at radius 2 is 1.96 bits per heavy atom. The van der Waals surface area contributed by atoms with Gasteiger partial charge in [0.25, 0.3) is 0 Å². The minimum absolute atomic E-state index is 0.244. The van der Waals surface area contributed by atoms with Gasteiger partial charge in [-0.3, -0.25) is 4.98 Å². The van der Waals surface area contributed by atoms with E-state index >= 15 is 0 Å². The number of halogens is 1. The Labute approximate surface area is 152 Å². The molecule has 134 valence electrons. The van der Waals surface area contributed by atoms with Gasteiger partial charge in [0.15, 0.2) is 11.6 Å². The normalized spacial score (nSPS) is 12.7. The highest BCUT2D eigenvalue weighted by Gasteiger charge is 2.06. The Bertz CT molecular complexity index is 935. The summed E-state index contributed by atoms with van der Waals surface area (Å²) in [5.41, 5.74) is 2.39. The van der Waals surface area contributed by atoms with Gasteiger partial charge < -0.3 is 10.2 Å². The van der Waals surface area contributed by atoms with Crippen molar-refractivity contribution in [2.75, 3.05) is 0 Å². The number of aromatic nitrogens is 1. The van der Waals surface area contributed by atoms with E-state index in [0.717, 1.165) is 35.6 Å². The minimum atomic E-state index is -0.652. The summed E-state index contributed by atoms with van der Waals surface area (Å²) in [4.78, 5) is 4.42. The highest BCUT2D eigenvalue weighted by atomic mass is 19.1. The Kier molecular flexibility index (Phi) is 5.64. The smallest absolute Gasteiger partial charge is 0.165 e. The lowest BCUT2D eigenvalue weighted by atomic mass is 10.0. The molecule has 0 aliphatic rings. The second kappa shape index (κ2) is 8.11. The van der Waals surface area contributed by atoms with E-state index in [1.807, 2.05) is 18.2 Å². The van der Waals surface area contributed by atoms with Crippen molar-refractivity contribution >= 4 is 16.8 Å². The number of aliphatic hydroxyl groups excluding tert-OH is 1. The molecule has 3 rings (SSSR count). The van der Waals surface area contributed by atoms with Gasteiger partial charge in [0.05, 0.1) is 11.8 Å². The summed E-state index contributed by atoms with van der Waals surface area (Å²) in [6.07, 6.45) is 8.44. The van der Waals surface area contributed by atoms with E-state index in [9.17, 15) is 14.6 Å². The first-order valence-electron chi connectivity index (χ1n) is 8.76. The number of rotatable bonds is 6. The monoisotopic (exact) mass is 351 g/mol. The van der Waals surface area contributed by atoms with Crippen LogP contribution in [-0.4, -0.2) is 21.3 Å². The van der Waals surface area contributed by atoms with Gasteiger partial charge in [-0.25, -0.2) is 4.39 Å². The van der Waals surface area contributed by atoms with Gasteiger partial charge in [0.1, 0.15) is 0 Å². The highest BCUT2D eigenvalue weighted by molar-refractivity contribution is 5.87. The van der Waals surface area contributed by atoms with Crippen molar-refractivity contribution in [2.24, 2.45) is 0 Å². The number of fused-ring (bicyclic) bond motifs is 1. The molecule has 0 fully saturated rings. The molecular formula is C22H22FNO2. The summed E-state index contributed by atoms with van der Waals surface area (Å²) in [7, 11) is 0. The van der Waals surface area contributed by atoms with Crippen LogP contribution >= 0.6 is 0 Å². The molecule has 0 saturated heterocycles. The summed E-state index contributed by atoms with van der Waals surface area (Å²) in [6, 6.07) is 12.3. The van der Waals surface area contributed by atoms with Crippen LogP contribution in [0.1, 0.15) is 31.7 Å². The van der Waals surface area contributed by atoms with Crippen LogP contribution in [0.15, 0.2) is 54.7 Å². The van der Waals surface area contributed by atoms with Gasteiger partial charge >= 0.3 is 0 Å². The predicted octanol–water partition coefficient (Wildman–Crippen LogP) is 5.31. The van der Waals surface area contributed by atoms with Crippen molar-refractivity contribution in [1.82, 2.24) is 4.98 Å². The maximum atomic E-state index is 13.5. The first kappa shape index (κ1) is 18.1. The number of phenols is 1. The topological polar surface area (TPSA) is 53.4 Å². The van der Waals surface area contributed by atoms with Crippen LogP contribution in [-0.2, 0) is 0 Å². The van der Waals surface area contributed by atoms with E-state index in [0.29, 0.717) is 11.3 Å². The van der Waals surface area contributed by atoms with Crippen LogP contribution in [0.3, 0.4) is 0 Å². The fraction of sp³-hybridized carbons (Fsp3) is 0.227. The molecule has 1 heterocycles. The number of nitrogens with zero attached hydrogens (tertiary/aromatic N) is 1. The van der Waals surface area contributed by atoms with Crippen LogP contribution in [0, 0.1) is 5.82 Å². The quantitative estimate of drug-likeness (QED) is 0.592. The van der Waals surface area contributed by atoms with E-state index in [1.165, 1.54) is 12.1 Å². The number of hydrogen-bond donors (Lipinski definition) is 2. The molecule has 1 atom stereocenters. The molecule has 3 nitrogen and oxygen atoms in total. The summed E-state index contributed by atoms with van der Waals surface area (Å²) < 4.78 is 13.5. The zero-order chi connectivity index (χ0) is 18.5. The summed E-state index contributed by atoms with van der Waals surface area (Å²) in [5, 5.41) is 20.6. The van der Waals surface area contributed by atoms with Gasteiger partial charge in [-0.2, -0.15) is 0 Å². The second-order valence-corrected chi connectivity index (χ2v) is 6.52.